The van der Waals surface area contributed by atoms with Crippen LogP contribution in [-0.4, -0.2) is 27.7 Å². The Balaban J connectivity index is 1.44. The van der Waals surface area contributed by atoms with Gasteiger partial charge in [-0.2, -0.15) is 5.10 Å². The summed E-state index contributed by atoms with van der Waals surface area (Å²) >= 11 is 1.25. The normalized spacial score (nSPS) is 15.1. The van der Waals surface area contributed by atoms with E-state index in [2.05, 4.69) is 46.8 Å². The second-order valence-corrected chi connectivity index (χ2v) is 8.17. The summed E-state index contributed by atoms with van der Waals surface area (Å²) in [5, 5.41) is 13.7. The molecular formula is C23H23N5S. The van der Waals surface area contributed by atoms with Gasteiger partial charge in [-0.25, -0.2) is 9.50 Å². The maximum absolute atomic E-state index is 5.70. The molecule has 0 spiro atoms. The molecule has 0 radical (unpaired) electrons. The van der Waals surface area contributed by atoms with Crippen LogP contribution < -0.4 is 10.5 Å². The molecule has 2 aromatic heterocycles. The van der Waals surface area contributed by atoms with Crippen LogP contribution in [0.4, 0.5) is 0 Å². The summed E-state index contributed by atoms with van der Waals surface area (Å²) in [5.74, 6) is 0.669. The third-order valence-electron chi connectivity index (χ3n) is 5.69. The van der Waals surface area contributed by atoms with Gasteiger partial charge in [0, 0.05) is 28.4 Å². The molecule has 4 aromatic rings. The van der Waals surface area contributed by atoms with Gasteiger partial charge in [0.25, 0.3) is 0 Å². The number of hydrogen-bond acceptors (Lipinski definition) is 5. The van der Waals surface area contributed by atoms with Crippen molar-refractivity contribution in [1.29, 1.82) is 0 Å². The van der Waals surface area contributed by atoms with Crippen molar-refractivity contribution in [3.05, 3.63) is 72.7 Å². The molecule has 1 fully saturated rings. The van der Waals surface area contributed by atoms with Gasteiger partial charge in [0.15, 0.2) is 5.65 Å². The van der Waals surface area contributed by atoms with Gasteiger partial charge in [0.05, 0.1) is 6.20 Å². The van der Waals surface area contributed by atoms with Gasteiger partial charge in [-0.1, -0.05) is 36.4 Å². The standard InChI is InChI=1S/C23H23N5S/c24-29-21-3-1-2-19(12-21)22-14-27-28-15-20(13-26-23(22)28)17-6-4-16(5-7-17)18-8-10-25-11-9-18/h1-7,12-15,18,25H,8-11,24H2. The molecule has 1 saturated heterocycles. The maximum Gasteiger partial charge on any atom is 0.162 e. The Morgan fingerprint density at radius 2 is 1.79 bits per heavy atom. The molecule has 0 amide bonds. The van der Waals surface area contributed by atoms with Gasteiger partial charge < -0.3 is 5.32 Å². The first kappa shape index (κ1) is 18.4. The van der Waals surface area contributed by atoms with Crippen molar-refractivity contribution in [2.75, 3.05) is 13.1 Å². The smallest absolute Gasteiger partial charge is 0.162 e. The summed E-state index contributed by atoms with van der Waals surface area (Å²) in [6, 6.07) is 17.1. The highest BCUT2D eigenvalue weighted by Gasteiger charge is 2.15. The number of rotatable bonds is 4. The molecule has 146 valence electrons. The number of aromatic nitrogens is 3. The van der Waals surface area contributed by atoms with E-state index in [9.17, 15) is 0 Å². The third-order valence-corrected chi connectivity index (χ3v) is 6.22. The van der Waals surface area contributed by atoms with Crippen LogP contribution in [-0.2, 0) is 0 Å². The largest absolute Gasteiger partial charge is 0.317 e. The van der Waals surface area contributed by atoms with Gasteiger partial charge in [-0.15, -0.1) is 0 Å². The molecule has 5 nitrogen and oxygen atoms in total. The van der Waals surface area contributed by atoms with E-state index in [4.69, 9.17) is 10.1 Å². The summed E-state index contributed by atoms with van der Waals surface area (Å²) in [5.41, 5.74) is 6.59. The minimum Gasteiger partial charge on any atom is -0.317 e. The van der Waals surface area contributed by atoms with Gasteiger partial charge in [0.2, 0.25) is 0 Å². The summed E-state index contributed by atoms with van der Waals surface area (Å²) in [7, 11) is 0. The Morgan fingerprint density at radius 3 is 2.59 bits per heavy atom. The molecule has 1 aliphatic rings. The number of piperidine rings is 1. The maximum atomic E-state index is 5.70. The van der Waals surface area contributed by atoms with E-state index in [1.54, 1.807) is 0 Å². The number of hydrogen-bond donors (Lipinski definition) is 2. The molecule has 3 heterocycles. The molecule has 6 heteroatoms. The first-order valence-corrected chi connectivity index (χ1v) is 10.8. The molecule has 3 N–H and O–H groups in total. The molecular weight excluding hydrogens is 378 g/mol. The second-order valence-electron chi connectivity index (χ2n) is 7.46. The first-order chi connectivity index (χ1) is 14.3. The monoisotopic (exact) mass is 401 g/mol. The van der Waals surface area contributed by atoms with Crippen molar-refractivity contribution < 1.29 is 0 Å². The van der Waals surface area contributed by atoms with Gasteiger partial charge in [-0.3, -0.25) is 5.14 Å². The average Bonchev–Trinajstić information content (AvgIpc) is 3.23. The minimum atomic E-state index is 0.669. The van der Waals surface area contributed by atoms with Gasteiger partial charge in [-0.05, 0) is 72.6 Å². The van der Waals surface area contributed by atoms with E-state index in [0.717, 1.165) is 45.9 Å². The van der Waals surface area contributed by atoms with Crippen molar-refractivity contribution in [3.63, 3.8) is 0 Å². The van der Waals surface area contributed by atoms with E-state index < -0.39 is 0 Å². The topological polar surface area (TPSA) is 68.2 Å². The van der Waals surface area contributed by atoms with E-state index in [-0.39, 0.29) is 0 Å². The highest BCUT2D eigenvalue weighted by Crippen LogP contribution is 2.30. The zero-order chi connectivity index (χ0) is 19.6. The van der Waals surface area contributed by atoms with Crippen molar-refractivity contribution in [2.24, 2.45) is 5.14 Å². The number of nitrogens with one attached hydrogen (secondary N) is 1. The molecule has 0 saturated carbocycles. The Morgan fingerprint density at radius 1 is 0.966 bits per heavy atom. The van der Waals surface area contributed by atoms with E-state index in [0.29, 0.717) is 5.92 Å². The average molecular weight is 402 g/mol. The summed E-state index contributed by atoms with van der Waals surface area (Å²) < 4.78 is 1.85. The Labute approximate surface area is 174 Å². The van der Waals surface area contributed by atoms with Crippen LogP contribution in [0.5, 0.6) is 0 Å². The molecule has 1 aliphatic heterocycles. The lowest BCUT2D eigenvalue weighted by Crippen LogP contribution is -2.26. The molecule has 0 atom stereocenters. The van der Waals surface area contributed by atoms with Crippen molar-refractivity contribution in [2.45, 2.75) is 23.7 Å². The Hall–Kier alpha value is -2.67. The Bertz CT molecular complexity index is 1130. The SMILES string of the molecule is NSc1cccc(-c2cnn3cc(-c4ccc(C5CCNCC5)cc4)cnc23)c1. The molecule has 0 unspecified atom stereocenters. The molecule has 29 heavy (non-hydrogen) atoms. The fourth-order valence-corrected chi connectivity index (χ4v) is 4.42. The zero-order valence-electron chi connectivity index (χ0n) is 16.1. The van der Waals surface area contributed by atoms with Crippen LogP contribution in [0.15, 0.2) is 72.0 Å². The molecule has 0 aliphatic carbocycles. The predicted octanol–water partition coefficient (Wildman–Crippen LogP) is 4.50. The van der Waals surface area contributed by atoms with Gasteiger partial charge in [0.1, 0.15) is 0 Å². The summed E-state index contributed by atoms with van der Waals surface area (Å²) in [6.45, 7) is 2.23. The highest BCUT2D eigenvalue weighted by atomic mass is 32.2. The number of nitrogens with two attached hydrogens (primary N) is 1. The van der Waals surface area contributed by atoms with E-state index >= 15 is 0 Å². The Kier molecular flexibility index (Phi) is 5.06. The van der Waals surface area contributed by atoms with Crippen molar-refractivity contribution in [1.82, 2.24) is 19.9 Å². The summed E-state index contributed by atoms with van der Waals surface area (Å²) in [4.78, 5) is 5.74. The number of nitrogens with zero attached hydrogens (tertiary/aromatic N) is 3. The third kappa shape index (κ3) is 3.67. The van der Waals surface area contributed by atoms with Crippen LogP contribution in [0.1, 0.15) is 24.3 Å². The number of fused-ring (bicyclic) bond motifs is 1. The molecule has 2 aromatic carbocycles. The quantitative estimate of drug-likeness (QED) is 0.493. The van der Waals surface area contributed by atoms with Crippen molar-refractivity contribution in [3.8, 4) is 22.3 Å². The minimum absolute atomic E-state index is 0.669. The fourth-order valence-electron chi connectivity index (χ4n) is 4.07. The van der Waals surface area contributed by atoms with Gasteiger partial charge >= 0.3 is 0 Å². The van der Waals surface area contributed by atoms with E-state index in [1.165, 1.54) is 30.4 Å². The van der Waals surface area contributed by atoms with Crippen LogP contribution in [0.25, 0.3) is 27.9 Å². The zero-order valence-corrected chi connectivity index (χ0v) is 16.9. The lowest BCUT2D eigenvalue weighted by atomic mass is 9.89. The molecule has 0 bridgehead atoms. The van der Waals surface area contributed by atoms with Crippen LogP contribution in [0.3, 0.4) is 0 Å². The predicted molar refractivity (Wildman–Crippen MR) is 119 cm³/mol. The van der Waals surface area contributed by atoms with Crippen molar-refractivity contribution >= 4 is 17.6 Å². The fraction of sp³-hybridized carbons (Fsp3) is 0.217. The summed E-state index contributed by atoms with van der Waals surface area (Å²) in [6.07, 6.45) is 8.28. The lowest BCUT2D eigenvalue weighted by molar-refractivity contribution is 0.460. The van der Waals surface area contributed by atoms with E-state index in [1.807, 2.05) is 35.2 Å². The number of benzene rings is 2. The lowest BCUT2D eigenvalue weighted by Gasteiger charge is -2.23. The van der Waals surface area contributed by atoms with Crippen LogP contribution >= 0.6 is 11.9 Å². The molecule has 5 rings (SSSR count). The second kappa shape index (κ2) is 7.99. The van der Waals surface area contributed by atoms with Crippen LogP contribution in [0, 0.1) is 0 Å². The highest BCUT2D eigenvalue weighted by molar-refractivity contribution is 7.97. The first-order valence-electron chi connectivity index (χ1n) is 9.93. The van der Waals surface area contributed by atoms with Crippen LogP contribution in [0.2, 0.25) is 0 Å².